The van der Waals surface area contributed by atoms with Gasteiger partial charge in [-0.25, -0.2) is 0 Å². The van der Waals surface area contributed by atoms with Crippen molar-refractivity contribution >= 4 is 0 Å². The van der Waals surface area contributed by atoms with Crippen LogP contribution in [-0.2, 0) is 0 Å². The van der Waals surface area contributed by atoms with Gasteiger partial charge in [-0.1, -0.05) is 70.8 Å². The molecule has 2 rings (SSSR count). The molecule has 1 fully saturated rings. The predicted octanol–water partition coefficient (Wildman–Crippen LogP) is 6.53. The number of hydrogen-bond donors (Lipinski definition) is 0. The maximum absolute atomic E-state index is 2.49. The zero-order valence-electron chi connectivity index (χ0n) is 14.3. The first-order valence-corrected chi connectivity index (χ1v) is 8.82. The fourth-order valence-electron chi connectivity index (χ4n) is 3.63. The molecule has 0 amide bonds. The number of allylic oxidation sites excluding steroid dienone is 4. The quantitative estimate of drug-likeness (QED) is 0.516. The van der Waals surface area contributed by atoms with Gasteiger partial charge in [0.25, 0.3) is 0 Å². The van der Waals surface area contributed by atoms with Gasteiger partial charge in [0.15, 0.2) is 0 Å². The second kappa shape index (κ2) is 6.50. The molecule has 0 spiro atoms. The van der Waals surface area contributed by atoms with Crippen LogP contribution in [0.25, 0.3) is 0 Å². The van der Waals surface area contributed by atoms with Crippen molar-refractivity contribution in [2.75, 3.05) is 0 Å². The lowest BCUT2D eigenvalue weighted by atomic mass is 9.70. The van der Waals surface area contributed by atoms with E-state index in [9.17, 15) is 0 Å². The van der Waals surface area contributed by atoms with Gasteiger partial charge in [0, 0.05) is 0 Å². The van der Waals surface area contributed by atoms with Crippen LogP contribution in [0.15, 0.2) is 23.3 Å². The number of hydrogen-bond acceptors (Lipinski definition) is 0. The van der Waals surface area contributed by atoms with Gasteiger partial charge in [0.05, 0.1) is 0 Å². The molecule has 0 N–H and O–H groups in total. The third-order valence-corrected chi connectivity index (χ3v) is 5.85. The molecule has 1 atom stereocenters. The molecule has 1 saturated carbocycles. The highest BCUT2D eigenvalue weighted by Gasteiger charge is 2.29. The normalized spacial score (nSPS) is 22.3. The van der Waals surface area contributed by atoms with Gasteiger partial charge in [-0.15, -0.1) is 0 Å². The molecule has 2 aliphatic rings. The van der Waals surface area contributed by atoms with Crippen LogP contribution in [0.2, 0.25) is 0 Å². The van der Waals surface area contributed by atoms with Crippen molar-refractivity contribution in [2.45, 2.75) is 79.6 Å². The summed E-state index contributed by atoms with van der Waals surface area (Å²) in [5.74, 6) is 2.49. The summed E-state index contributed by atoms with van der Waals surface area (Å²) in [6.45, 7) is 12.0. The Kier molecular flexibility index (Phi) is 5.15. The molecule has 0 aromatic carbocycles. The second-order valence-corrected chi connectivity index (χ2v) is 8.18. The maximum atomic E-state index is 2.49. The van der Waals surface area contributed by atoms with Gasteiger partial charge in [-0.05, 0) is 55.3 Å². The Balaban J connectivity index is 2.06. The molecule has 0 nitrogen and oxygen atoms in total. The Bertz CT molecular complexity index is 377. The van der Waals surface area contributed by atoms with E-state index >= 15 is 0 Å². The van der Waals surface area contributed by atoms with Crippen molar-refractivity contribution in [2.24, 2.45) is 23.2 Å². The fourth-order valence-corrected chi connectivity index (χ4v) is 3.63. The minimum atomic E-state index is 0.480. The highest BCUT2D eigenvalue weighted by atomic mass is 14.3. The van der Waals surface area contributed by atoms with Crippen LogP contribution in [0.5, 0.6) is 0 Å². The van der Waals surface area contributed by atoms with Gasteiger partial charge in [0.2, 0.25) is 0 Å². The molecule has 0 radical (unpaired) electrons. The molecule has 0 aromatic heterocycles. The Morgan fingerprint density at radius 2 is 1.85 bits per heavy atom. The minimum absolute atomic E-state index is 0.480. The summed E-state index contributed by atoms with van der Waals surface area (Å²) in [4.78, 5) is 0. The summed E-state index contributed by atoms with van der Waals surface area (Å²) >= 11 is 0. The lowest BCUT2D eigenvalue weighted by molar-refractivity contribution is 0.237. The zero-order chi connectivity index (χ0) is 14.8. The van der Waals surface area contributed by atoms with Crippen molar-refractivity contribution in [1.82, 2.24) is 0 Å². The smallest absolute Gasteiger partial charge is 0.0172 e. The average Bonchev–Trinajstić information content (AvgIpc) is 2.35. The van der Waals surface area contributed by atoms with Crippen LogP contribution >= 0.6 is 0 Å². The molecule has 0 heteroatoms. The van der Waals surface area contributed by atoms with Crippen molar-refractivity contribution in [3.8, 4) is 0 Å². The first kappa shape index (κ1) is 15.9. The lowest BCUT2D eigenvalue weighted by Gasteiger charge is -2.35. The summed E-state index contributed by atoms with van der Waals surface area (Å²) in [6, 6.07) is 0. The molecule has 0 saturated heterocycles. The van der Waals surface area contributed by atoms with Crippen molar-refractivity contribution in [3.05, 3.63) is 23.3 Å². The SMILES string of the molecule is CCC(C)(C)CC(C1=CC=C(C2CCC2)CC1)C(C)C. The lowest BCUT2D eigenvalue weighted by Crippen LogP contribution is -2.23. The van der Waals surface area contributed by atoms with E-state index in [-0.39, 0.29) is 0 Å². The first-order chi connectivity index (χ1) is 9.43. The first-order valence-electron chi connectivity index (χ1n) is 8.82. The summed E-state index contributed by atoms with van der Waals surface area (Å²) in [6.07, 6.45) is 14.6. The van der Waals surface area contributed by atoms with Crippen LogP contribution in [0.1, 0.15) is 79.6 Å². The zero-order valence-corrected chi connectivity index (χ0v) is 14.3. The van der Waals surface area contributed by atoms with Gasteiger partial charge in [-0.3, -0.25) is 0 Å². The van der Waals surface area contributed by atoms with E-state index in [2.05, 4.69) is 46.8 Å². The van der Waals surface area contributed by atoms with E-state index in [1.165, 1.54) is 44.9 Å². The Morgan fingerprint density at radius 1 is 1.15 bits per heavy atom. The van der Waals surface area contributed by atoms with E-state index in [1.54, 1.807) is 11.1 Å². The minimum Gasteiger partial charge on any atom is -0.0668 e. The maximum Gasteiger partial charge on any atom is -0.0172 e. The molecule has 0 heterocycles. The summed E-state index contributed by atoms with van der Waals surface area (Å²) in [5, 5.41) is 0. The van der Waals surface area contributed by atoms with Gasteiger partial charge in [0.1, 0.15) is 0 Å². The Labute approximate surface area is 126 Å². The molecular weight excluding hydrogens is 240 g/mol. The molecule has 0 aliphatic heterocycles. The molecule has 114 valence electrons. The molecule has 20 heavy (non-hydrogen) atoms. The predicted molar refractivity (Wildman–Crippen MR) is 89.8 cm³/mol. The standard InChI is InChI=1S/C20H34/c1-6-20(4,5)14-19(15(2)3)18-12-10-17(11-13-18)16-8-7-9-16/h10,12,15-16,19H,6-9,11,13-14H2,1-5H3. The largest absolute Gasteiger partial charge is 0.0668 e. The van der Waals surface area contributed by atoms with Crippen LogP contribution in [0.3, 0.4) is 0 Å². The van der Waals surface area contributed by atoms with Crippen LogP contribution < -0.4 is 0 Å². The summed E-state index contributed by atoms with van der Waals surface area (Å²) < 4.78 is 0. The van der Waals surface area contributed by atoms with Crippen LogP contribution in [0.4, 0.5) is 0 Å². The van der Waals surface area contributed by atoms with Gasteiger partial charge in [-0.2, -0.15) is 0 Å². The van der Waals surface area contributed by atoms with E-state index < -0.39 is 0 Å². The summed E-state index contributed by atoms with van der Waals surface area (Å²) in [7, 11) is 0. The van der Waals surface area contributed by atoms with Gasteiger partial charge >= 0.3 is 0 Å². The number of rotatable bonds is 6. The third-order valence-electron chi connectivity index (χ3n) is 5.85. The van der Waals surface area contributed by atoms with E-state index in [0.29, 0.717) is 5.41 Å². The molecule has 0 aromatic rings. The Morgan fingerprint density at radius 3 is 2.25 bits per heavy atom. The van der Waals surface area contributed by atoms with E-state index in [4.69, 9.17) is 0 Å². The molecule has 2 aliphatic carbocycles. The fraction of sp³-hybridized carbons (Fsp3) is 0.800. The molecule has 0 bridgehead atoms. The second-order valence-electron chi connectivity index (χ2n) is 8.18. The monoisotopic (exact) mass is 274 g/mol. The van der Waals surface area contributed by atoms with Crippen molar-refractivity contribution < 1.29 is 0 Å². The highest BCUT2D eigenvalue weighted by Crippen LogP contribution is 2.42. The molecule has 1 unspecified atom stereocenters. The third kappa shape index (κ3) is 3.77. The summed E-state index contributed by atoms with van der Waals surface area (Å²) in [5.41, 5.74) is 3.95. The Hall–Kier alpha value is -0.520. The average molecular weight is 274 g/mol. The molecular formula is C20H34. The van der Waals surface area contributed by atoms with Gasteiger partial charge < -0.3 is 0 Å². The van der Waals surface area contributed by atoms with Crippen LogP contribution in [0, 0.1) is 23.2 Å². The highest BCUT2D eigenvalue weighted by molar-refractivity contribution is 5.28. The topological polar surface area (TPSA) is 0 Å². The van der Waals surface area contributed by atoms with Crippen molar-refractivity contribution in [3.63, 3.8) is 0 Å². The van der Waals surface area contributed by atoms with E-state index in [1.807, 2.05) is 0 Å². The van der Waals surface area contributed by atoms with Crippen LogP contribution in [-0.4, -0.2) is 0 Å². The van der Waals surface area contributed by atoms with E-state index in [0.717, 1.165) is 17.8 Å². The van der Waals surface area contributed by atoms with Crippen molar-refractivity contribution in [1.29, 1.82) is 0 Å².